The summed E-state index contributed by atoms with van der Waals surface area (Å²) in [6.07, 6.45) is 1.15. The maximum absolute atomic E-state index is 6.57. The van der Waals surface area contributed by atoms with E-state index in [2.05, 4.69) is 18.7 Å². The highest BCUT2D eigenvalue weighted by molar-refractivity contribution is 5.15. The van der Waals surface area contributed by atoms with E-state index in [4.69, 9.17) is 12.3 Å². The summed E-state index contributed by atoms with van der Waals surface area (Å²) in [5.41, 5.74) is 6.32. The molecule has 0 spiro atoms. The van der Waals surface area contributed by atoms with Crippen molar-refractivity contribution >= 4 is 0 Å². The molecular weight excluding hydrogens is 184 g/mol. The number of hydrogen-bond donors (Lipinski definition) is 1. The molecule has 0 aliphatic rings. The first kappa shape index (κ1) is 13.7. The Bertz CT molecular complexity index is 272. The van der Waals surface area contributed by atoms with Crippen LogP contribution in [0.25, 0.3) is 4.85 Å². The summed E-state index contributed by atoms with van der Waals surface area (Å²) in [4.78, 5) is 3.26. The van der Waals surface area contributed by atoms with Gasteiger partial charge in [0.2, 0.25) is 6.54 Å². The summed E-state index contributed by atoms with van der Waals surface area (Å²) >= 11 is 0. The second-order valence-electron chi connectivity index (χ2n) is 3.77. The van der Waals surface area contributed by atoms with E-state index in [0.29, 0.717) is 6.54 Å². The average molecular weight is 204 g/mol. The highest BCUT2D eigenvalue weighted by Gasteiger charge is 1.88. The van der Waals surface area contributed by atoms with Gasteiger partial charge in [-0.15, -0.1) is 0 Å². The first-order chi connectivity index (χ1) is 7.20. The molecule has 0 fully saturated rings. The molecule has 0 saturated heterocycles. The summed E-state index contributed by atoms with van der Waals surface area (Å²) in [5, 5.41) is 0. The number of benzene rings is 1. The smallest absolute Gasteiger partial charge is 0.239 e. The molecule has 0 unspecified atom stereocenters. The zero-order valence-corrected chi connectivity index (χ0v) is 9.61. The minimum Gasteiger partial charge on any atom is -0.330 e. The molecule has 1 rings (SSSR count). The van der Waals surface area contributed by atoms with Crippen molar-refractivity contribution in [3.8, 4) is 0 Å². The van der Waals surface area contributed by atoms with E-state index in [0.717, 1.165) is 24.4 Å². The molecule has 2 heteroatoms. The highest BCUT2D eigenvalue weighted by Crippen LogP contribution is 1.98. The van der Waals surface area contributed by atoms with E-state index < -0.39 is 0 Å². The predicted octanol–water partition coefficient (Wildman–Crippen LogP) is 3.10. The zero-order valence-electron chi connectivity index (χ0n) is 9.61. The lowest BCUT2D eigenvalue weighted by Gasteiger charge is -1.96. The zero-order chi connectivity index (χ0) is 11.5. The third-order valence-corrected chi connectivity index (χ3v) is 1.85. The Morgan fingerprint density at radius 1 is 1.27 bits per heavy atom. The van der Waals surface area contributed by atoms with Gasteiger partial charge in [-0.05, 0) is 18.9 Å². The van der Waals surface area contributed by atoms with Crippen molar-refractivity contribution in [2.75, 3.05) is 6.54 Å². The van der Waals surface area contributed by atoms with Crippen LogP contribution in [0.2, 0.25) is 0 Å². The van der Waals surface area contributed by atoms with Crippen molar-refractivity contribution in [1.82, 2.24) is 0 Å². The van der Waals surface area contributed by atoms with Gasteiger partial charge in [0.05, 0.1) is 0 Å². The summed E-state index contributed by atoms with van der Waals surface area (Å²) in [6, 6.07) is 9.75. The molecule has 0 atom stereocenters. The van der Waals surface area contributed by atoms with Crippen LogP contribution in [0.3, 0.4) is 0 Å². The van der Waals surface area contributed by atoms with Crippen LogP contribution in [0.15, 0.2) is 30.3 Å². The van der Waals surface area contributed by atoms with Crippen molar-refractivity contribution in [2.45, 2.75) is 26.8 Å². The van der Waals surface area contributed by atoms with Crippen LogP contribution in [0.5, 0.6) is 0 Å². The molecule has 0 bridgehead atoms. The molecule has 15 heavy (non-hydrogen) atoms. The molecule has 0 radical (unpaired) electrons. The number of nitrogens with two attached hydrogens (primary N) is 1. The predicted molar refractivity (Wildman–Crippen MR) is 65.3 cm³/mol. The number of nitrogens with zero attached hydrogens (tertiary/aromatic N) is 1. The van der Waals surface area contributed by atoms with E-state index in [-0.39, 0.29) is 0 Å². The highest BCUT2D eigenvalue weighted by atomic mass is 14.6. The van der Waals surface area contributed by atoms with Crippen LogP contribution in [0, 0.1) is 12.5 Å². The Balaban J connectivity index is 0.000000288. The van der Waals surface area contributed by atoms with Crippen LogP contribution in [-0.4, -0.2) is 6.54 Å². The molecule has 82 valence electrons. The Morgan fingerprint density at radius 3 is 2.20 bits per heavy atom. The molecule has 0 aromatic heterocycles. The normalized spacial score (nSPS) is 9.00. The molecule has 1 aromatic rings. The third-order valence-electron chi connectivity index (χ3n) is 1.85. The lowest BCUT2D eigenvalue weighted by atomic mass is 10.1. The van der Waals surface area contributed by atoms with Gasteiger partial charge in [0, 0.05) is 5.56 Å². The minimum absolute atomic E-state index is 0.501. The SMILES string of the molecule is CC(C)CCN.[C-]#[N+]Cc1ccccc1. The third kappa shape index (κ3) is 8.99. The van der Waals surface area contributed by atoms with Gasteiger partial charge in [-0.2, -0.15) is 0 Å². The topological polar surface area (TPSA) is 30.4 Å². The van der Waals surface area contributed by atoms with Gasteiger partial charge in [0.15, 0.2) is 0 Å². The van der Waals surface area contributed by atoms with Crippen LogP contribution in [-0.2, 0) is 6.54 Å². The molecular formula is C13H20N2. The molecule has 0 aliphatic heterocycles. The fraction of sp³-hybridized carbons (Fsp3) is 0.462. The molecule has 2 N–H and O–H groups in total. The fourth-order valence-electron chi connectivity index (χ4n) is 1.01. The van der Waals surface area contributed by atoms with Crippen molar-refractivity contribution in [1.29, 1.82) is 0 Å². The van der Waals surface area contributed by atoms with E-state index in [1.807, 2.05) is 30.3 Å². The van der Waals surface area contributed by atoms with Gasteiger partial charge in [0.25, 0.3) is 0 Å². The van der Waals surface area contributed by atoms with Crippen molar-refractivity contribution in [3.63, 3.8) is 0 Å². The second kappa shape index (κ2) is 9.23. The van der Waals surface area contributed by atoms with Crippen molar-refractivity contribution in [2.24, 2.45) is 11.7 Å². The summed E-state index contributed by atoms with van der Waals surface area (Å²) in [6.45, 7) is 12.2. The minimum atomic E-state index is 0.501. The molecule has 0 aliphatic carbocycles. The summed E-state index contributed by atoms with van der Waals surface area (Å²) < 4.78 is 0. The Hall–Kier alpha value is -1.33. The number of hydrogen-bond acceptors (Lipinski definition) is 1. The first-order valence-electron chi connectivity index (χ1n) is 5.28. The van der Waals surface area contributed by atoms with Crippen LogP contribution >= 0.6 is 0 Å². The van der Waals surface area contributed by atoms with Gasteiger partial charge in [-0.3, -0.25) is 0 Å². The lowest BCUT2D eigenvalue weighted by molar-refractivity contribution is 0.596. The summed E-state index contributed by atoms with van der Waals surface area (Å²) in [5.74, 6) is 0.773. The fourth-order valence-corrected chi connectivity index (χ4v) is 1.01. The molecule has 0 amide bonds. The summed E-state index contributed by atoms with van der Waals surface area (Å²) in [7, 11) is 0. The van der Waals surface area contributed by atoms with Gasteiger partial charge < -0.3 is 10.6 Å². The molecule has 0 heterocycles. The van der Waals surface area contributed by atoms with Gasteiger partial charge in [0.1, 0.15) is 0 Å². The van der Waals surface area contributed by atoms with E-state index >= 15 is 0 Å². The van der Waals surface area contributed by atoms with Gasteiger partial charge >= 0.3 is 0 Å². The number of rotatable bonds is 3. The van der Waals surface area contributed by atoms with Crippen LogP contribution in [0.1, 0.15) is 25.8 Å². The Labute approximate surface area is 92.9 Å². The van der Waals surface area contributed by atoms with Crippen molar-refractivity contribution in [3.05, 3.63) is 47.3 Å². The average Bonchev–Trinajstić information content (AvgIpc) is 2.20. The maximum atomic E-state index is 6.57. The van der Waals surface area contributed by atoms with E-state index in [1.54, 1.807) is 0 Å². The quantitative estimate of drug-likeness (QED) is 0.753. The molecule has 0 saturated carbocycles. The monoisotopic (exact) mass is 204 g/mol. The van der Waals surface area contributed by atoms with Crippen LogP contribution < -0.4 is 5.73 Å². The van der Waals surface area contributed by atoms with E-state index in [9.17, 15) is 0 Å². The second-order valence-corrected chi connectivity index (χ2v) is 3.77. The lowest BCUT2D eigenvalue weighted by Crippen LogP contribution is -2.01. The Morgan fingerprint density at radius 2 is 1.87 bits per heavy atom. The van der Waals surface area contributed by atoms with Gasteiger partial charge in [-0.25, -0.2) is 6.57 Å². The Kier molecular flexibility index (Phi) is 8.42. The largest absolute Gasteiger partial charge is 0.330 e. The van der Waals surface area contributed by atoms with Crippen molar-refractivity contribution < 1.29 is 0 Å². The maximum Gasteiger partial charge on any atom is 0.239 e. The first-order valence-corrected chi connectivity index (χ1v) is 5.28. The van der Waals surface area contributed by atoms with E-state index in [1.165, 1.54) is 0 Å². The molecule has 2 nitrogen and oxygen atoms in total. The van der Waals surface area contributed by atoms with Gasteiger partial charge in [-0.1, -0.05) is 44.2 Å². The standard InChI is InChI=1S/C8H7N.C5H13N/c1-9-7-8-5-3-2-4-6-8;1-5(2)3-4-6/h2-6H,7H2;5H,3-4,6H2,1-2H3. The van der Waals surface area contributed by atoms with Crippen LogP contribution in [0.4, 0.5) is 0 Å². The molecule has 1 aromatic carbocycles.